The van der Waals surface area contributed by atoms with Crippen LogP contribution >= 0.6 is 0 Å². The van der Waals surface area contributed by atoms with Crippen molar-refractivity contribution in [1.29, 1.82) is 0 Å². The first-order valence-corrected chi connectivity index (χ1v) is 38.0. The van der Waals surface area contributed by atoms with Crippen molar-refractivity contribution in [3.8, 4) is 0 Å². The normalized spacial score (nSPS) is 16.2. The molecule has 1 aliphatic heterocycles. The summed E-state index contributed by atoms with van der Waals surface area (Å²) in [6.45, 7) is 0.823. The fraction of sp³-hybridized carbons (Fsp3) is 0.731. The lowest BCUT2D eigenvalue weighted by molar-refractivity contribution is -0.142. The van der Waals surface area contributed by atoms with Crippen LogP contribution in [0.15, 0.2) is 25.0 Å². The topological polar surface area (TPSA) is 812 Å². The third kappa shape index (κ3) is 40.3. The van der Waals surface area contributed by atoms with E-state index >= 15 is 9.59 Å². The van der Waals surface area contributed by atoms with Gasteiger partial charge in [-0.15, -0.1) is 0 Å². The Kier molecular flexibility index (Phi) is 47.0. The number of aliphatic carboxylic acids is 1. The number of aliphatic hydroxyl groups excluding tert-OH is 1. The van der Waals surface area contributed by atoms with Gasteiger partial charge in [0.1, 0.15) is 73.0 Å². The van der Waals surface area contributed by atoms with E-state index in [4.69, 9.17) is 80.3 Å². The molecule has 12 atom stereocenters. The number of hydrogen-bond donors (Lipinski definition) is 26. The molecule has 45 nitrogen and oxygen atoms in total. The molecule has 0 radical (unpaired) electrons. The zero-order valence-corrected chi connectivity index (χ0v) is 64.2. The largest absolute Gasteiger partial charge is 0.480 e. The van der Waals surface area contributed by atoms with Crippen molar-refractivity contribution in [2.45, 2.75) is 246 Å². The molecular formula is C67H126N30O15. The summed E-state index contributed by atoms with van der Waals surface area (Å²) in [4.78, 5) is 203. The lowest BCUT2D eigenvalue weighted by atomic mass is 9.84. The number of nitrogens with zero attached hydrogens (tertiary/aromatic N) is 6. The number of carboxylic acid groups (broad SMARTS) is 1. The van der Waals surface area contributed by atoms with Gasteiger partial charge in [0.2, 0.25) is 70.9 Å². The minimum atomic E-state index is -1.56. The van der Waals surface area contributed by atoms with Crippen LogP contribution in [-0.4, -0.2) is 253 Å². The number of carbonyl (C=O) groups is 13. The number of guanidine groups is 5. The highest BCUT2D eigenvalue weighted by Crippen LogP contribution is 2.28. The van der Waals surface area contributed by atoms with Crippen LogP contribution < -0.4 is 133 Å². The van der Waals surface area contributed by atoms with E-state index in [2.05, 4.69) is 78.1 Å². The van der Waals surface area contributed by atoms with Gasteiger partial charge in [-0.25, -0.2) is 0 Å². The lowest BCUT2D eigenvalue weighted by Gasteiger charge is -2.31. The second-order valence-corrected chi connectivity index (χ2v) is 27.7. The van der Waals surface area contributed by atoms with E-state index in [1.807, 2.05) is 0 Å². The Morgan fingerprint density at radius 2 is 0.696 bits per heavy atom. The van der Waals surface area contributed by atoms with Crippen molar-refractivity contribution in [3.63, 3.8) is 0 Å². The third-order valence-electron chi connectivity index (χ3n) is 18.3. The van der Waals surface area contributed by atoms with Crippen molar-refractivity contribution >= 4 is 107 Å². The summed E-state index contributed by atoms with van der Waals surface area (Å²) in [7, 11) is 0. The molecule has 2 rings (SSSR count). The Morgan fingerprint density at radius 3 is 1.00 bits per heavy atom. The molecule has 40 N–H and O–H groups in total. The molecule has 0 spiro atoms. The fourth-order valence-electron chi connectivity index (χ4n) is 12.4. The molecule has 0 aromatic heterocycles. The van der Waals surface area contributed by atoms with Crippen LogP contribution in [0.1, 0.15) is 174 Å². The lowest BCUT2D eigenvalue weighted by Crippen LogP contribution is -2.61. The number of likely N-dealkylation sites (tertiary alicyclic amines) is 1. The summed E-state index contributed by atoms with van der Waals surface area (Å²) in [5, 5.41) is 45.7. The number of amides is 12. The maximum absolute atomic E-state index is 15.1. The van der Waals surface area contributed by atoms with E-state index in [9.17, 15) is 63.0 Å². The predicted molar refractivity (Wildman–Crippen MR) is 417 cm³/mol. The Morgan fingerprint density at radius 1 is 0.393 bits per heavy atom. The van der Waals surface area contributed by atoms with Crippen LogP contribution in [0, 0.1) is 5.92 Å². The summed E-state index contributed by atoms with van der Waals surface area (Å²) in [6, 6.07) is -15.7. The number of unbranched alkanes of at least 4 members (excludes halogenated alkanes) is 2. The van der Waals surface area contributed by atoms with Gasteiger partial charge < -0.3 is 149 Å². The van der Waals surface area contributed by atoms with E-state index in [1.54, 1.807) is 0 Å². The highest BCUT2D eigenvalue weighted by molar-refractivity contribution is 6.00. The molecule has 1 saturated heterocycles. The van der Waals surface area contributed by atoms with E-state index < -0.39 is 162 Å². The van der Waals surface area contributed by atoms with Gasteiger partial charge in [0.15, 0.2) is 29.8 Å². The number of rotatable bonds is 56. The zero-order valence-electron chi connectivity index (χ0n) is 64.2. The maximum atomic E-state index is 15.1. The van der Waals surface area contributed by atoms with Gasteiger partial charge in [0.25, 0.3) is 0 Å². The Hall–Kier alpha value is -10.7. The van der Waals surface area contributed by atoms with Crippen LogP contribution in [0.3, 0.4) is 0 Å². The van der Waals surface area contributed by atoms with Gasteiger partial charge >= 0.3 is 5.97 Å². The van der Waals surface area contributed by atoms with E-state index in [0.717, 1.165) is 19.3 Å². The molecule has 0 aromatic rings. The standard InChI is InChI=1S/C67H126N30O15/c1-37(98)51(71)62(112)97-34-14-24-48(97)61(111)95-46(25-26-49(70)99)59(109)93-45(23-13-33-86-67(80)81)58(108)96-47(35-38-15-3-2-4-16-38)60(110)94-44(22-12-32-85-66(78)79)57(107)92-43(21-11-31-84-65(76)77)56(106)91-42(20-10-30-83-64(74)75)55(105)90-41(18-6-8-28-69)54(104)89-40(17-5-7-27-68)53(103)88-39(19-9-29-82-63(72)73)52(102)87-36-50(100)101/h37-48,51,98H,2-36,68-69,71H2,1H3,(H2,70,99)(H,87,102)(H,88,103)(H,89,104)(H,90,105)(H,91,106)(H,92,107)(H,93,109)(H,94,110)(H,95,111)(H,96,108)(H,100,101)(H4,72,73,82)(H4,74,75,83)(H4,76,77,84)(H4,78,79,85)(H4,80,81,86)/t37-,39+,40+,41+,42+,43+,44+,45+,46+,47+,48+,51+/m1/s1. The van der Waals surface area contributed by atoms with Gasteiger partial charge in [0.05, 0.1) is 6.10 Å². The van der Waals surface area contributed by atoms with E-state index in [1.165, 1.54) is 11.8 Å². The Balaban J connectivity index is 2.76. The molecule has 45 heteroatoms. The summed E-state index contributed by atoms with van der Waals surface area (Å²) in [5.74, 6) is -13.5. The summed E-state index contributed by atoms with van der Waals surface area (Å²) in [6.07, 6.45) is 2.90. The number of carboxylic acids is 1. The molecule has 12 amide bonds. The van der Waals surface area contributed by atoms with Gasteiger partial charge in [-0.05, 0) is 154 Å². The molecule has 2 fully saturated rings. The molecule has 1 heterocycles. The molecule has 1 saturated carbocycles. The molecule has 0 aromatic carbocycles. The smallest absolute Gasteiger partial charge is 0.322 e. The van der Waals surface area contributed by atoms with Crippen LogP contribution in [-0.2, 0) is 62.3 Å². The summed E-state index contributed by atoms with van der Waals surface area (Å²) in [5.41, 5.74) is 79.2. The predicted octanol–water partition coefficient (Wildman–Crippen LogP) is -9.99. The first-order valence-electron chi connectivity index (χ1n) is 38.0. The summed E-state index contributed by atoms with van der Waals surface area (Å²) < 4.78 is 0. The minimum Gasteiger partial charge on any atom is -0.480 e. The molecule has 2 aliphatic rings. The Labute approximate surface area is 651 Å². The van der Waals surface area contributed by atoms with Crippen molar-refractivity contribution in [2.75, 3.05) is 58.9 Å². The van der Waals surface area contributed by atoms with Gasteiger partial charge in [0, 0.05) is 45.7 Å². The number of carbonyl (C=O) groups excluding carboxylic acids is 12. The zero-order chi connectivity index (χ0) is 83.8. The third-order valence-corrected chi connectivity index (χ3v) is 18.3. The molecule has 0 bridgehead atoms. The molecular weight excluding hydrogens is 1460 g/mol. The minimum absolute atomic E-state index is 0.0195. The van der Waals surface area contributed by atoms with Gasteiger partial charge in [-0.3, -0.25) is 87.3 Å². The van der Waals surface area contributed by atoms with Crippen LogP contribution in [0.2, 0.25) is 0 Å². The second-order valence-electron chi connectivity index (χ2n) is 27.7. The van der Waals surface area contributed by atoms with Gasteiger partial charge in [-0.2, -0.15) is 0 Å². The van der Waals surface area contributed by atoms with E-state index in [0.29, 0.717) is 38.5 Å². The van der Waals surface area contributed by atoms with E-state index in [-0.39, 0.29) is 191 Å². The van der Waals surface area contributed by atoms with Crippen molar-refractivity contribution < 1.29 is 72.5 Å². The second kappa shape index (κ2) is 54.0. The average molecular weight is 1590 g/mol. The first-order chi connectivity index (χ1) is 53.1. The number of primary amides is 1. The monoisotopic (exact) mass is 1590 g/mol. The number of nitrogens with one attached hydrogen (secondary N) is 10. The van der Waals surface area contributed by atoms with Crippen LogP contribution in [0.25, 0.3) is 0 Å². The molecule has 0 unspecified atom stereocenters. The highest BCUT2D eigenvalue weighted by Gasteiger charge is 2.41. The van der Waals surface area contributed by atoms with Gasteiger partial charge in [-0.1, -0.05) is 32.1 Å². The molecule has 634 valence electrons. The number of nitrogens with two attached hydrogens (primary N) is 14. The van der Waals surface area contributed by atoms with Crippen LogP contribution in [0.4, 0.5) is 0 Å². The molecule has 1 aliphatic carbocycles. The quantitative estimate of drug-likeness (QED) is 0.0153. The molecule has 112 heavy (non-hydrogen) atoms. The van der Waals surface area contributed by atoms with Crippen molar-refractivity contribution in [3.05, 3.63) is 0 Å². The van der Waals surface area contributed by atoms with Crippen molar-refractivity contribution in [1.82, 2.24) is 58.1 Å². The van der Waals surface area contributed by atoms with Crippen molar-refractivity contribution in [2.24, 2.45) is 111 Å². The highest BCUT2D eigenvalue weighted by atomic mass is 16.4. The Bertz CT molecular complexity index is 3190. The first kappa shape index (κ1) is 97.4. The number of aliphatic imine (C=N–C) groups is 5. The average Bonchev–Trinajstić information content (AvgIpc) is 1.63. The van der Waals surface area contributed by atoms with Crippen LogP contribution in [0.5, 0.6) is 0 Å². The summed E-state index contributed by atoms with van der Waals surface area (Å²) >= 11 is 0. The number of aliphatic hydroxyl groups is 1. The number of hydrogen-bond acceptors (Lipinski definition) is 22. The SMILES string of the molecule is C[C@@H](O)[C@H](N)C(=O)N1CCC[C@H]1C(=O)N[C@@H](CCC(N)=O)C(=O)N[C@@H](CCCN=C(N)N)C(=O)N[C@@H](CC1CCCCC1)C(=O)N[C@@H](CCCN=C(N)N)C(=O)N[C@@H](CCCN=C(N)N)C(=O)N[C@@H](CCCN=C(N)N)C(=O)N[C@@H](CCCCN)C(=O)N[C@@H](CCCCN)C(=O)N[C@@H](CCCN=C(N)N)C(=O)NCC(=O)O. The fourth-order valence-corrected chi connectivity index (χ4v) is 12.4. The maximum Gasteiger partial charge on any atom is 0.322 e.